The second-order valence-electron chi connectivity index (χ2n) is 6.40. The molecule has 2 aliphatic heterocycles. The number of fused-ring (bicyclic) bond motifs is 1. The summed E-state index contributed by atoms with van der Waals surface area (Å²) >= 11 is 0. The number of carbonyl (C=O) groups is 2. The number of carbonyl (C=O) groups excluding carboxylic acids is 2. The molecule has 0 radical (unpaired) electrons. The molecule has 4 rings (SSSR count). The smallest absolute Gasteiger partial charge is 0.244 e. The third kappa shape index (κ3) is 3.08. The van der Waals surface area contributed by atoms with E-state index in [0.717, 1.165) is 4.31 Å². The van der Waals surface area contributed by atoms with E-state index in [4.69, 9.17) is 0 Å². The molecule has 0 aliphatic carbocycles. The number of hydrogen-bond donors (Lipinski definition) is 2. The Morgan fingerprint density at radius 1 is 1.07 bits per heavy atom. The molecule has 2 N–H and O–H groups in total. The second-order valence-corrected chi connectivity index (χ2v) is 8.30. The van der Waals surface area contributed by atoms with Crippen LogP contribution in [0.2, 0.25) is 0 Å². The van der Waals surface area contributed by atoms with E-state index in [9.17, 15) is 22.4 Å². The van der Waals surface area contributed by atoms with Crippen LogP contribution in [0.4, 0.5) is 10.1 Å². The Hall–Kier alpha value is -2.78. The molecule has 1 saturated heterocycles. The fourth-order valence-electron chi connectivity index (χ4n) is 3.37. The molecular formula is C18H16FN3O4S. The molecule has 1 fully saturated rings. The maximum atomic E-state index is 13.2. The van der Waals surface area contributed by atoms with Crippen molar-refractivity contribution in [3.05, 3.63) is 59.4 Å². The molecule has 2 amide bonds. The summed E-state index contributed by atoms with van der Waals surface area (Å²) in [4.78, 5) is 24.0. The number of halogens is 1. The topological polar surface area (TPSA) is 95.6 Å². The van der Waals surface area contributed by atoms with E-state index in [1.807, 2.05) is 0 Å². The summed E-state index contributed by atoms with van der Waals surface area (Å²) in [6.07, 6.45) is 0.112. The molecule has 2 aliphatic rings. The molecule has 140 valence electrons. The zero-order valence-corrected chi connectivity index (χ0v) is 14.9. The van der Waals surface area contributed by atoms with Crippen molar-refractivity contribution in [2.75, 3.05) is 18.4 Å². The van der Waals surface area contributed by atoms with Crippen molar-refractivity contribution in [3.8, 4) is 0 Å². The van der Waals surface area contributed by atoms with Crippen molar-refractivity contribution in [2.45, 2.75) is 17.4 Å². The van der Waals surface area contributed by atoms with Crippen LogP contribution in [0.25, 0.3) is 0 Å². The van der Waals surface area contributed by atoms with Crippen molar-refractivity contribution in [1.29, 1.82) is 0 Å². The molecule has 0 aromatic heterocycles. The Kier molecular flexibility index (Phi) is 4.20. The van der Waals surface area contributed by atoms with Crippen LogP contribution in [0.1, 0.15) is 17.2 Å². The van der Waals surface area contributed by atoms with Gasteiger partial charge in [0.05, 0.1) is 11.3 Å². The number of hydrogen-bond acceptors (Lipinski definition) is 4. The van der Waals surface area contributed by atoms with Gasteiger partial charge >= 0.3 is 0 Å². The lowest BCUT2D eigenvalue weighted by molar-refractivity contribution is -0.127. The highest BCUT2D eigenvalue weighted by molar-refractivity contribution is 7.89. The molecule has 2 aromatic rings. The number of anilines is 1. The number of benzene rings is 2. The average Bonchev–Trinajstić information content (AvgIpc) is 3.01. The normalized spacial score (nSPS) is 20.1. The van der Waals surface area contributed by atoms with Crippen LogP contribution < -0.4 is 10.6 Å². The van der Waals surface area contributed by atoms with Gasteiger partial charge in [-0.2, -0.15) is 4.31 Å². The maximum Gasteiger partial charge on any atom is 0.244 e. The van der Waals surface area contributed by atoms with Gasteiger partial charge in [-0.25, -0.2) is 12.8 Å². The first kappa shape index (κ1) is 17.6. The molecule has 2 aromatic carbocycles. The maximum absolute atomic E-state index is 13.2. The standard InChI is InChI=1S/C18H16FN3O4S/c19-13-3-1-11(2-4-13)17-18(24)20-7-8-22(17)27(25,26)14-5-6-15-12(9-14)10-16(23)21-15/h1-6,9,17H,7-8,10H2,(H,20,24)(H,21,23). The average molecular weight is 389 g/mol. The van der Waals surface area contributed by atoms with Gasteiger partial charge in [0.25, 0.3) is 0 Å². The van der Waals surface area contributed by atoms with Gasteiger partial charge in [0.15, 0.2) is 0 Å². The van der Waals surface area contributed by atoms with Crippen molar-refractivity contribution in [2.24, 2.45) is 0 Å². The minimum atomic E-state index is -4.00. The first-order chi connectivity index (χ1) is 12.9. The van der Waals surface area contributed by atoms with Gasteiger partial charge in [-0.1, -0.05) is 12.1 Å². The van der Waals surface area contributed by atoms with Gasteiger partial charge in [-0.15, -0.1) is 0 Å². The van der Waals surface area contributed by atoms with Crippen molar-refractivity contribution >= 4 is 27.5 Å². The summed E-state index contributed by atoms with van der Waals surface area (Å²) in [6, 6.07) is 8.51. The molecule has 0 spiro atoms. The van der Waals surface area contributed by atoms with Crippen LogP contribution >= 0.6 is 0 Å². The predicted molar refractivity (Wildman–Crippen MR) is 94.8 cm³/mol. The molecule has 1 unspecified atom stereocenters. The molecular weight excluding hydrogens is 373 g/mol. The highest BCUT2D eigenvalue weighted by Crippen LogP contribution is 2.32. The van der Waals surface area contributed by atoms with Gasteiger partial charge in [0, 0.05) is 18.8 Å². The van der Waals surface area contributed by atoms with Gasteiger partial charge in [0.1, 0.15) is 11.9 Å². The largest absolute Gasteiger partial charge is 0.353 e. The predicted octanol–water partition coefficient (Wildman–Crippen LogP) is 1.18. The molecule has 9 heteroatoms. The van der Waals surface area contributed by atoms with Crippen molar-refractivity contribution in [3.63, 3.8) is 0 Å². The Balaban J connectivity index is 1.75. The lowest BCUT2D eigenvalue weighted by Gasteiger charge is -2.34. The lowest BCUT2D eigenvalue weighted by Crippen LogP contribution is -2.52. The minimum Gasteiger partial charge on any atom is -0.353 e. The molecule has 0 saturated carbocycles. The highest BCUT2D eigenvalue weighted by Gasteiger charge is 2.39. The zero-order chi connectivity index (χ0) is 19.2. The zero-order valence-electron chi connectivity index (χ0n) is 14.1. The first-order valence-corrected chi connectivity index (χ1v) is 9.78. The fraction of sp³-hybridized carbons (Fsp3) is 0.222. The second kappa shape index (κ2) is 6.43. The van der Waals surface area contributed by atoms with Gasteiger partial charge < -0.3 is 10.6 Å². The number of nitrogens with zero attached hydrogens (tertiary/aromatic N) is 1. The van der Waals surface area contributed by atoms with Crippen LogP contribution in [0, 0.1) is 5.82 Å². The van der Waals surface area contributed by atoms with E-state index in [1.54, 1.807) is 6.07 Å². The monoisotopic (exact) mass is 389 g/mol. The lowest BCUT2D eigenvalue weighted by atomic mass is 10.0. The van der Waals surface area contributed by atoms with Crippen LogP contribution in [-0.2, 0) is 26.0 Å². The van der Waals surface area contributed by atoms with E-state index >= 15 is 0 Å². The van der Waals surface area contributed by atoms with Crippen molar-refractivity contribution in [1.82, 2.24) is 9.62 Å². The van der Waals surface area contributed by atoms with E-state index in [0.29, 0.717) is 16.8 Å². The van der Waals surface area contributed by atoms with Gasteiger partial charge in [-0.3, -0.25) is 9.59 Å². The van der Waals surface area contributed by atoms with Crippen LogP contribution in [0.5, 0.6) is 0 Å². The fourth-order valence-corrected chi connectivity index (χ4v) is 5.00. The van der Waals surface area contributed by atoms with Crippen LogP contribution in [-0.4, -0.2) is 37.6 Å². The number of sulfonamides is 1. The van der Waals surface area contributed by atoms with E-state index in [2.05, 4.69) is 10.6 Å². The Bertz CT molecular complexity index is 1040. The van der Waals surface area contributed by atoms with E-state index < -0.39 is 27.8 Å². The first-order valence-electron chi connectivity index (χ1n) is 8.34. The minimum absolute atomic E-state index is 0.0135. The summed E-state index contributed by atoms with van der Waals surface area (Å²) in [5.41, 5.74) is 1.57. The Morgan fingerprint density at radius 3 is 2.56 bits per heavy atom. The van der Waals surface area contributed by atoms with Crippen molar-refractivity contribution < 1.29 is 22.4 Å². The molecule has 7 nitrogen and oxygen atoms in total. The number of piperazine rings is 1. The summed E-state index contributed by atoms with van der Waals surface area (Å²) in [5.74, 6) is -1.13. The number of amides is 2. The third-order valence-electron chi connectivity index (χ3n) is 4.66. The third-order valence-corrected chi connectivity index (χ3v) is 6.52. The SMILES string of the molecule is O=C1Cc2cc(S(=O)(=O)N3CCNC(=O)C3c3ccc(F)cc3)ccc2N1. The van der Waals surface area contributed by atoms with Crippen LogP contribution in [0.3, 0.4) is 0 Å². The van der Waals surface area contributed by atoms with Gasteiger partial charge in [0.2, 0.25) is 21.8 Å². The van der Waals surface area contributed by atoms with Crippen LogP contribution in [0.15, 0.2) is 47.4 Å². The summed E-state index contributed by atoms with van der Waals surface area (Å²) in [5, 5.41) is 5.31. The summed E-state index contributed by atoms with van der Waals surface area (Å²) in [7, 11) is -4.00. The Labute approximate surface area is 155 Å². The Morgan fingerprint density at radius 2 is 1.81 bits per heavy atom. The molecule has 2 heterocycles. The highest BCUT2D eigenvalue weighted by atomic mass is 32.2. The quantitative estimate of drug-likeness (QED) is 0.824. The molecule has 27 heavy (non-hydrogen) atoms. The van der Waals surface area contributed by atoms with Gasteiger partial charge in [-0.05, 0) is 41.5 Å². The van der Waals surface area contributed by atoms with E-state index in [-0.39, 0.29) is 30.3 Å². The number of nitrogens with one attached hydrogen (secondary N) is 2. The molecule has 1 atom stereocenters. The number of rotatable bonds is 3. The van der Waals surface area contributed by atoms with E-state index in [1.165, 1.54) is 36.4 Å². The summed E-state index contributed by atoms with van der Waals surface area (Å²) < 4.78 is 40.8. The molecule has 0 bridgehead atoms. The summed E-state index contributed by atoms with van der Waals surface area (Å²) in [6.45, 7) is 0.269.